The van der Waals surface area contributed by atoms with Crippen molar-refractivity contribution in [3.8, 4) is 6.07 Å². The summed E-state index contributed by atoms with van der Waals surface area (Å²) in [6.07, 6.45) is 4.75. The minimum Gasteiger partial charge on any atom is -0.393 e. The summed E-state index contributed by atoms with van der Waals surface area (Å²) < 4.78 is 7.98. The maximum atomic E-state index is 10.2. The first-order chi connectivity index (χ1) is 14.1. The number of hydrogen-bond acceptors (Lipinski definition) is 3. The number of aromatic nitrogens is 1. The highest BCUT2D eigenvalue weighted by atomic mass is 35.5. The minimum absolute atomic E-state index is 0.354. The zero-order chi connectivity index (χ0) is 20.0. The molecule has 29 heavy (non-hydrogen) atoms. The molecule has 0 bridgehead atoms. The van der Waals surface area contributed by atoms with E-state index in [1.54, 1.807) is 0 Å². The van der Waals surface area contributed by atoms with Gasteiger partial charge in [0.25, 0.3) is 0 Å². The molecule has 1 aliphatic carbocycles. The number of halogens is 1. The van der Waals surface area contributed by atoms with Crippen LogP contribution in [-0.2, 0) is 11.2 Å². The lowest BCUT2D eigenvalue weighted by Gasteiger charge is -2.31. The quantitative estimate of drug-likeness (QED) is 0.637. The Morgan fingerprint density at radius 2 is 1.93 bits per heavy atom. The summed E-state index contributed by atoms with van der Waals surface area (Å²) in [7, 11) is 0. The molecule has 2 aromatic carbocycles. The van der Waals surface area contributed by atoms with Crippen molar-refractivity contribution in [2.45, 2.75) is 56.5 Å². The molecule has 2 heterocycles. The van der Waals surface area contributed by atoms with Crippen LogP contribution in [0.2, 0.25) is 5.02 Å². The largest absolute Gasteiger partial charge is 0.393 e. The number of aliphatic hydroxyl groups excluding tert-OH is 1. The topological polar surface area (TPSA) is 58.2 Å². The Labute approximate surface area is 175 Å². The summed E-state index contributed by atoms with van der Waals surface area (Å²) in [5.74, 6) is 0.753. The Balaban J connectivity index is 1.51. The van der Waals surface area contributed by atoms with E-state index in [0.717, 1.165) is 28.8 Å². The molecule has 2 fully saturated rings. The maximum absolute atomic E-state index is 10.2. The van der Waals surface area contributed by atoms with E-state index >= 15 is 0 Å². The first-order valence-corrected chi connectivity index (χ1v) is 10.6. The zero-order valence-electron chi connectivity index (χ0n) is 16.1. The van der Waals surface area contributed by atoms with Crippen LogP contribution in [0.15, 0.2) is 48.7 Å². The number of ether oxygens (including phenoxy) is 1. The van der Waals surface area contributed by atoms with E-state index in [9.17, 15) is 10.4 Å². The summed E-state index contributed by atoms with van der Waals surface area (Å²) in [5.41, 5.74) is 4.77. The van der Waals surface area contributed by atoms with Gasteiger partial charge in [0.05, 0.1) is 22.7 Å². The van der Waals surface area contributed by atoms with Gasteiger partial charge < -0.3 is 14.4 Å². The lowest BCUT2D eigenvalue weighted by atomic mass is 10.0. The monoisotopic (exact) mass is 406 g/mol. The zero-order valence-corrected chi connectivity index (χ0v) is 16.8. The van der Waals surface area contributed by atoms with Crippen molar-refractivity contribution in [1.29, 1.82) is 5.26 Å². The smallest absolute Gasteiger partial charge is 0.149 e. The Bertz CT molecular complexity index is 1080. The standard InChI is InChI=1S/C24H23ClN2O2/c25-21-2-1-3-22-24(21)18(10-15-4-6-16(7-5-15)17-8-9-17)14-27(22)23-12-19(28)11-20(13-26)29-23/h1-7,14,17,19-20,23,28H,8-12H2. The third kappa shape index (κ3) is 3.67. The van der Waals surface area contributed by atoms with Gasteiger partial charge in [-0.1, -0.05) is 41.9 Å². The molecule has 5 rings (SSSR count). The Morgan fingerprint density at radius 3 is 2.66 bits per heavy atom. The first kappa shape index (κ1) is 18.7. The number of hydrogen-bond donors (Lipinski definition) is 1. The molecule has 1 saturated heterocycles. The van der Waals surface area contributed by atoms with Crippen LogP contribution < -0.4 is 0 Å². The Hall–Kier alpha value is -2.32. The molecule has 5 heteroatoms. The number of aliphatic hydroxyl groups is 1. The van der Waals surface area contributed by atoms with Crippen LogP contribution in [-0.4, -0.2) is 21.9 Å². The predicted octanol–water partition coefficient (Wildman–Crippen LogP) is 5.32. The molecule has 4 nitrogen and oxygen atoms in total. The van der Waals surface area contributed by atoms with Crippen LogP contribution in [0.5, 0.6) is 0 Å². The molecular formula is C24H23ClN2O2. The van der Waals surface area contributed by atoms with Gasteiger partial charge in [-0.15, -0.1) is 0 Å². The molecule has 3 aromatic rings. The molecule has 1 aromatic heterocycles. The van der Waals surface area contributed by atoms with Gasteiger partial charge in [-0.25, -0.2) is 0 Å². The molecule has 3 unspecified atom stereocenters. The normalized spacial score (nSPS) is 24.5. The van der Waals surface area contributed by atoms with Crippen LogP contribution in [0.25, 0.3) is 10.9 Å². The lowest BCUT2D eigenvalue weighted by Crippen LogP contribution is -2.32. The van der Waals surface area contributed by atoms with Gasteiger partial charge in [-0.2, -0.15) is 5.26 Å². The molecule has 148 valence electrons. The number of nitrogens with zero attached hydrogens (tertiary/aromatic N) is 2. The van der Waals surface area contributed by atoms with E-state index < -0.39 is 12.2 Å². The summed E-state index contributed by atoms with van der Waals surface area (Å²) in [4.78, 5) is 0. The summed E-state index contributed by atoms with van der Waals surface area (Å²) in [6, 6.07) is 16.9. The summed E-state index contributed by atoms with van der Waals surface area (Å²) >= 11 is 6.58. The maximum Gasteiger partial charge on any atom is 0.149 e. The van der Waals surface area contributed by atoms with E-state index in [-0.39, 0.29) is 6.23 Å². The third-order valence-corrected chi connectivity index (χ3v) is 6.36. The van der Waals surface area contributed by atoms with Crippen LogP contribution in [0.1, 0.15) is 54.5 Å². The highest BCUT2D eigenvalue weighted by Gasteiger charge is 2.30. The van der Waals surface area contributed by atoms with Crippen LogP contribution >= 0.6 is 11.6 Å². The van der Waals surface area contributed by atoms with Gasteiger partial charge in [0.15, 0.2) is 0 Å². The molecule has 0 radical (unpaired) electrons. The van der Waals surface area contributed by atoms with Crippen molar-refractivity contribution in [3.05, 3.63) is 70.4 Å². The van der Waals surface area contributed by atoms with E-state index in [1.807, 2.05) is 22.8 Å². The van der Waals surface area contributed by atoms with E-state index in [1.165, 1.54) is 24.0 Å². The van der Waals surface area contributed by atoms with Gasteiger partial charge in [-0.3, -0.25) is 0 Å². The van der Waals surface area contributed by atoms with Crippen LogP contribution in [0.4, 0.5) is 0 Å². The van der Waals surface area contributed by atoms with Crippen LogP contribution in [0, 0.1) is 11.3 Å². The second-order valence-corrected chi connectivity index (χ2v) is 8.63. The van der Waals surface area contributed by atoms with Crippen molar-refractivity contribution in [2.75, 3.05) is 0 Å². The lowest BCUT2D eigenvalue weighted by molar-refractivity contribution is -0.106. The van der Waals surface area contributed by atoms with Gasteiger partial charge in [0.2, 0.25) is 0 Å². The third-order valence-electron chi connectivity index (χ3n) is 6.04. The number of rotatable bonds is 4. The fraction of sp³-hybridized carbons (Fsp3) is 0.375. The Morgan fingerprint density at radius 1 is 1.14 bits per heavy atom. The average molecular weight is 407 g/mol. The van der Waals surface area contributed by atoms with Crippen molar-refractivity contribution in [1.82, 2.24) is 4.57 Å². The average Bonchev–Trinajstić information content (AvgIpc) is 3.50. The van der Waals surface area contributed by atoms with Crippen molar-refractivity contribution in [2.24, 2.45) is 0 Å². The molecule has 2 aliphatic rings. The minimum atomic E-state index is -0.598. The molecule has 1 N–H and O–H groups in total. The van der Waals surface area contributed by atoms with Gasteiger partial charge >= 0.3 is 0 Å². The summed E-state index contributed by atoms with van der Waals surface area (Å²) in [6.45, 7) is 0. The molecule has 1 aliphatic heterocycles. The second kappa shape index (κ2) is 7.50. The van der Waals surface area contributed by atoms with E-state index in [4.69, 9.17) is 16.3 Å². The van der Waals surface area contributed by atoms with Crippen molar-refractivity contribution < 1.29 is 9.84 Å². The van der Waals surface area contributed by atoms with Crippen molar-refractivity contribution in [3.63, 3.8) is 0 Å². The number of nitriles is 1. The fourth-order valence-corrected chi connectivity index (χ4v) is 4.69. The fourth-order valence-electron chi connectivity index (χ4n) is 4.40. The molecule has 3 atom stereocenters. The van der Waals surface area contributed by atoms with Crippen LogP contribution in [0.3, 0.4) is 0 Å². The van der Waals surface area contributed by atoms with Crippen molar-refractivity contribution >= 4 is 22.5 Å². The van der Waals surface area contributed by atoms with Gasteiger partial charge in [0.1, 0.15) is 12.3 Å². The molecular weight excluding hydrogens is 384 g/mol. The molecule has 0 amide bonds. The van der Waals surface area contributed by atoms with Gasteiger partial charge in [-0.05, 0) is 54.0 Å². The van der Waals surface area contributed by atoms with Gasteiger partial charge in [0, 0.05) is 24.4 Å². The second-order valence-electron chi connectivity index (χ2n) is 8.22. The Kier molecular flexibility index (Phi) is 4.83. The highest BCUT2D eigenvalue weighted by Crippen LogP contribution is 2.40. The SMILES string of the molecule is N#CC1CC(O)CC(n2cc(Cc3ccc(C4CC4)cc3)c3c(Cl)cccc32)O1. The molecule has 0 spiro atoms. The number of fused-ring (bicyclic) bond motifs is 1. The molecule has 1 saturated carbocycles. The summed E-state index contributed by atoms with van der Waals surface area (Å²) in [5, 5.41) is 21.2. The van der Waals surface area contributed by atoms with E-state index in [2.05, 4.69) is 36.5 Å². The van der Waals surface area contributed by atoms with E-state index in [0.29, 0.717) is 17.9 Å². The predicted molar refractivity (Wildman–Crippen MR) is 113 cm³/mol. The first-order valence-electron chi connectivity index (χ1n) is 10.2. The number of benzene rings is 2. The highest BCUT2D eigenvalue weighted by molar-refractivity contribution is 6.35.